The van der Waals surface area contributed by atoms with E-state index in [0.717, 1.165) is 16.8 Å². The molecular formula is C24H17NO3S2. The van der Waals surface area contributed by atoms with Gasteiger partial charge in [-0.3, -0.25) is 9.69 Å². The number of anilines is 1. The van der Waals surface area contributed by atoms with Gasteiger partial charge < -0.3 is 4.74 Å². The number of esters is 1. The largest absolute Gasteiger partial charge is 0.457 e. The second-order valence-electron chi connectivity index (χ2n) is 6.54. The van der Waals surface area contributed by atoms with Crippen molar-refractivity contribution < 1.29 is 14.3 Å². The molecule has 0 bridgehead atoms. The van der Waals surface area contributed by atoms with Crippen molar-refractivity contribution in [3.8, 4) is 0 Å². The minimum atomic E-state index is -0.388. The van der Waals surface area contributed by atoms with E-state index in [1.54, 1.807) is 30.3 Å². The molecule has 0 spiro atoms. The summed E-state index contributed by atoms with van der Waals surface area (Å²) in [4.78, 5) is 27.1. The van der Waals surface area contributed by atoms with E-state index in [2.05, 4.69) is 0 Å². The lowest BCUT2D eigenvalue weighted by molar-refractivity contribution is -0.113. The third-order valence-electron chi connectivity index (χ3n) is 4.47. The zero-order valence-corrected chi connectivity index (χ0v) is 17.5. The number of ether oxygens (including phenoxy) is 1. The van der Waals surface area contributed by atoms with Crippen LogP contribution in [0.2, 0.25) is 0 Å². The fourth-order valence-corrected chi connectivity index (χ4v) is 4.24. The predicted octanol–water partition coefficient (Wildman–Crippen LogP) is 5.45. The van der Waals surface area contributed by atoms with Gasteiger partial charge in [0, 0.05) is 0 Å². The summed E-state index contributed by atoms with van der Waals surface area (Å²) in [6.45, 7) is 0.226. The van der Waals surface area contributed by atoms with Crippen LogP contribution in [0, 0.1) is 0 Å². The number of hydrogen-bond acceptors (Lipinski definition) is 5. The molecule has 0 radical (unpaired) electrons. The van der Waals surface area contributed by atoms with Gasteiger partial charge in [0.15, 0.2) is 4.32 Å². The van der Waals surface area contributed by atoms with Crippen LogP contribution < -0.4 is 4.90 Å². The van der Waals surface area contributed by atoms with E-state index in [9.17, 15) is 9.59 Å². The van der Waals surface area contributed by atoms with E-state index in [1.807, 2.05) is 60.7 Å². The lowest BCUT2D eigenvalue weighted by Gasteiger charge is -2.13. The van der Waals surface area contributed by atoms with Crippen molar-refractivity contribution in [1.29, 1.82) is 0 Å². The summed E-state index contributed by atoms with van der Waals surface area (Å²) in [5.41, 5.74) is 2.95. The molecule has 3 aromatic rings. The molecule has 1 aliphatic heterocycles. The van der Waals surface area contributed by atoms with Crippen LogP contribution in [0.15, 0.2) is 89.8 Å². The summed E-state index contributed by atoms with van der Waals surface area (Å²) in [5, 5.41) is 0. The molecule has 0 saturated carbocycles. The zero-order valence-electron chi connectivity index (χ0n) is 15.9. The molecular weight excluding hydrogens is 414 g/mol. The van der Waals surface area contributed by atoms with Crippen molar-refractivity contribution in [1.82, 2.24) is 0 Å². The highest BCUT2D eigenvalue weighted by Crippen LogP contribution is 2.35. The molecule has 0 atom stereocenters. The highest BCUT2D eigenvalue weighted by Gasteiger charge is 2.33. The number of carbonyl (C=O) groups excluding carboxylic acids is 2. The Balaban J connectivity index is 1.44. The van der Waals surface area contributed by atoms with Gasteiger partial charge in [-0.1, -0.05) is 84.6 Å². The lowest BCUT2D eigenvalue weighted by Crippen LogP contribution is -2.27. The second kappa shape index (κ2) is 9.07. The first-order chi connectivity index (χ1) is 14.6. The van der Waals surface area contributed by atoms with E-state index < -0.39 is 0 Å². The minimum absolute atomic E-state index is 0.150. The molecule has 1 fully saturated rings. The van der Waals surface area contributed by atoms with Crippen LogP contribution in [0.3, 0.4) is 0 Å². The van der Waals surface area contributed by atoms with Gasteiger partial charge in [-0.15, -0.1) is 0 Å². The second-order valence-corrected chi connectivity index (χ2v) is 8.21. The predicted molar refractivity (Wildman–Crippen MR) is 124 cm³/mol. The molecule has 3 aromatic carbocycles. The zero-order chi connectivity index (χ0) is 20.9. The number of rotatable bonds is 5. The molecule has 30 heavy (non-hydrogen) atoms. The van der Waals surface area contributed by atoms with Crippen LogP contribution in [0.4, 0.5) is 5.69 Å². The minimum Gasteiger partial charge on any atom is -0.457 e. The fourth-order valence-electron chi connectivity index (χ4n) is 2.94. The Labute approximate surface area is 184 Å². The van der Waals surface area contributed by atoms with Crippen molar-refractivity contribution in [2.75, 3.05) is 4.90 Å². The first kappa shape index (κ1) is 20.1. The summed E-state index contributed by atoms with van der Waals surface area (Å²) < 4.78 is 5.84. The van der Waals surface area contributed by atoms with E-state index >= 15 is 0 Å². The number of benzene rings is 3. The fraction of sp³-hybridized carbons (Fsp3) is 0.0417. The number of nitrogens with zero attached hydrogens (tertiary/aromatic N) is 1. The van der Waals surface area contributed by atoms with Gasteiger partial charge in [-0.25, -0.2) is 4.79 Å². The van der Waals surface area contributed by atoms with E-state index in [1.165, 1.54) is 16.7 Å². The van der Waals surface area contributed by atoms with Crippen molar-refractivity contribution in [2.45, 2.75) is 6.61 Å². The third kappa shape index (κ3) is 4.50. The summed E-state index contributed by atoms with van der Waals surface area (Å²) in [6.07, 6.45) is 1.78. The standard InChI is InChI=1S/C24H17NO3S2/c26-22-21(30-24(29)25(22)20-9-5-2-6-10-20)15-17-11-13-19(14-12-17)23(27)28-16-18-7-3-1-4-8-18/h1-15H,16H2/b21-15+. The molecule has 0 unspecified atom stereocenters. The van der Waals surface area contributed by atoms with Gasteiger partial charge in [0.2, 0.25) is 0 Å². The summed E-state index contributed by atoms with van der Waals surface area (Å²) in [6, 6.07) is 25.8. The Morgan fingerprint density at radius 1 is 0.933 bits per heavy atom. The number of thiocarbonyl (C=S) groups is 1. The molecule has 148 valence electrons. The first-order valence-electron chi connectivity index (χ1n) is 9.26. The normalized spacial score (nSPS) is 14.9. The van der Waals surface area contributed by atoms with Gasteiger partial charge in [0.1, 0.15) is 6.61 Å². The Bertz CT molecular complexity index is 1110. The first-order valence-corrected chi connectivity index (χ1v) is 10.5. The average molecular weight is 432 g/mol. The van der Waals surface area contributed by atoms with E-state index in [4.69, 9.17) is 17.0 Å². The van der Waals surface area contributed by atoms with Gasteiger partial charge in [-0.2, -0.15) is 0 Å². The number of thioether (sulfide) groups is 1. The maximum Gasteiger partial charge on any atom is 0.338 e. The van der Waals surface area contributed by atoms with Crippen LogP contribution in [0.1, 0.15) is 21.5 Å². The molecule has 1 amide bonds. The van der Waals surface area contributed by atoms with Crippen molar-refractivity contribution in [3.05, 3.63) is 107 Å². The number of carbonyl (C=O) groups is 2. The molecule has 1 saturated heterocycles. The molecule has 1 heterocycles. The van der Waals surface area contributed by atoms with Gasteiger partial charge >= 0.3 is 5.97 Å². The maximum atomic E-state index is 12.8. The molecule has 4 nitrogen and oxygen atoms in total. The van der Waals surface area contributed by atoms with E-state index in [0.29, 0.717) is 14.8 Å². The van der Waals surface area contributed by atoms with Crippen molar-refractivity contribution in [3.63, 3.8) is 0 Å². The van der Waals surface area contributed by atoms with Crippen molar-refractivity contribution >= 4 is 51.9 Å². The highest BCUT2D eigenvalue weighted by atomic mass is 32.2. The lowest BCUT2D eigenvalue weighted by atomic mass is 10.1. The quantitative estimate of drug-likeness (QED) is 0.305. The molecule has 0 N–H and O–H groups in total. The number of amides is 1. The number of hydrogen-bond donors (Lipinski definition) is 0. The van der Waals surface area contributed by atoms with Crippen LogP contribution in [-0.2, 0) is 16.1 Å². The van der Waals surface area contributed by atoms with Gasteiger partial charge in [0.25, 0.3) is 5.91 Å². The van der Waals surface area contributed by atoms with Gasteiger partial charge in [0.05, 0.1) is 16.2 Å². The van der Waals surface area contributed by atoms with Crippen LogP contribution in [0.25, 0.3) is 6.08 Å². The topological polar surface area (TPSA) is 46.6 Å². The van der Waals surface area contributed by atoms with Crippen LogP contribution >= 0.6 is 24.0 Å². The third-order valence-corrected chi connectivity index (χ3v) is 5.77. The van der Waals surface area contributed by atoms with Crippen LogP contribution in [0.5, 0.6) is 0 Å². The van der Waals surface area contributed by atoms with Gasteiger partial charge in [-0.05, 0) is 41.5 Å². The average Bonchev–Trinajstić information content (AvgIpc) is 3.06. The Hall–Kier alpha value is -3.22. The number of para-hydroxylation sites is 1. The molecule has 1 aliphatic rings. The molecule has 6 heteroatoms. The Morgan fingerprint density at radius 3 is 2.23 bits per heavy atom. The summed E-state index contributed by atoms with van der Waals surface area (Å²) in [7, 11) is 0. The Morgan fingerprint density at radius 2 is 1.57 bits per heavy atom. The summed E-state index contributed by atoms with van der Waals surface area (Å²) >= 11 is 6.65. The Kier molecular flexibility index (Phi) is 6.07. The molecule has 0 aliphatic carbocycles. The smallest absolute Gasteiger partial charge is 0.338 e. The summed E-state index contributed by atoms with van der Waals surface area (Å²) in [5.74, 6) is -0.539. The van der Waals surface area contributed by atoms with E-state index in [-0.39, 0.29) is 18.5 Å². The SMILES string of the molecule is O=C(OCc1ccccc1)c1ccc(/C=C2/SC(=S)N(c3ccccc3)C2=O)cc1. The maximum absolute atomic E-state index is 12.8. The van der Waals surface area contributed by atoms with Crippen molar-refractivity contribution in [2.24, 2.45) is 0 Å². The highest BCUT2D eigenvalue weighted by molar-refractivity contribution is 8.27. The molecule has 0 aromatic heterocycles. The van der Waals surface area contributed by atoms with Crippen LogP contribution in [-0.4, -0.2) is 16.2 Å². The molecule has 4 rings (SSSR count). The monoisotopic (exact) mass is 431 g/mol.